The molecule has 156 valence electrons. The molecule has 9 heteroatoms. The molecule has 0 fully saturated rings. The van der Waals surface area contributed by atoms with Crippen molar-refractivity contribution in [2.24, 2.45) is 5.92 Å². The molecule has 0 aliphatic rings. The first-order valence-corrected chi connectivity index (χ1v) is 14.7. The zero-order valence-electron chi connectivity index (χ0n) is 17.4. The summed E-state index contributed by atoms with van der Waals surface area (Å²) in [6.45, 7) is 12.7. The second-order valence-electron chi connectivity index (χ2n) is 8.83. The Morgan fingerprint density at radius 3 is 2.56 bits per heavy atom. The van der Waals surface area contributed by atoms with E-state index in [2.05, 4.69) is 24.7 Å². The van der Waals surface area contributed by atoms with E-state index in [9.17, 15) is 13.2 Å². The highest BCUT2D eigenvalue weighted by Crippen LogP contribution is 2.31. The number of nitrogens with zero attached hydrogens (tertiary/aromatic N) is 2. The van der Waals surface area contributed by atoms with E-state index in [-0.39, 0.29) is 5.75 Å². The Bertz CT molecular complexity index is 722. The van der Waals surface area contributed by atoms with Crippen molar-refractivity contribution in [3.63, 3.8) is 0 Å². The molecule has 0 bridgehead atoms. The fourth-order valence-electron chi connectivity index (χ4n) is 2.42. The summed E-state index contributed by atoms with van der Waals surface area (Å²) < 4.78 is 31.7. The van der Waals surface area contributed by atoms with Gasteiger partial charge in [0.25, 0.3) is 0 Å². The van der Waals surface area contributed by atoms with E-state index < -0.39 is 34.5 Å². The Labute approximate surface area is 164 Å². The molecule has 0 aliphatic carbocycles. The smallest absolute Gasteiger partial charge is 0.306 e. The Balaban J connectivity index is 2.66. The first-order chi connectivity index (χ1) is 12.3. The maximum atomic E-state index is 12.8. The predicted octanol–water partition coefficient (Wildman–Crippen LogP) is 3.35. The zero-order valence-corrected chi connectivity index (χ0v) is 19.2. The number of rotatable bonds is 12. The van der Waals surface area contributed by atoms with Crippen LogP contribution in [0.2, 0.25) is 25.7 Å². The van der Waals surface area contributed by atoms with E-state index in [0.717, 1.165) is 6.04 Å². The SMILES string of the molecule is CC(CCCS(=O)(=O)C(C)(C)c1cnn(COCC[Si](C)(C)C)c1)C(=O)O. The van der Waals surface area contributed by atoms with Gasteiger partial charge in [-0.15, -0.1) is 0 Å². The Hall–Kier alpha value is -1.19. The van der Waals surface area contributed by atoms with Crippen LogP contribution in [0.15, 0.2) is 12.4 Å². The van der Waals surface area contributed by atoms with Gasteiger partial charge in [-0.2, -0.15) is 5.10 Å². The molecular weight excluding hydrogens is 384 g/mol. The lowest BCUT2D eigenvalue weighted by molar-refractivity contribution is -0.141. The van der Waals surface area contributed by atoms with E-state index >= 15 is 0 Å². The van der Waals surface area contributed by atoms with E-state index in [1.54, 1.807) is 37.8 Å². The lowest BCUT2D eigenvalue weighted by atomic mass is 10.1. The predicted molar refractivity (Wildman–Crippen MR) is 109 cm³/mol. The van der Waals surface area contributed by atoms with Gasteiger partial charge in [0.1, 0.15) is 6.73 Å². The van der Waals surface area contributed by atoms with Crippen molar-refractivity contribution in [1.29, 1.82) is 0 Å². The van der Waals surface area contributed by atoms with Gasteiger partial charge in [-0.25, -0.2) is 13.1 Å². The first-order valence-electron chi connectivity index (χ1n) is 9.32. The lowest BCUT2D eigenvalue weighted by Crippen LogP contribution is -2.31. The first kappa shape index (κ1) is 23.8. The van der Waals surface area contributed by atoms with Crippen LogP contribution in [0.25, 0.3) is 0 Å². The quantitative estimate of drug-likeness (QED) is 0.413. The Morgan fingerprint density at radius 1 is 1.37 bits per heavy atom. The maximum absolute atomic E-state index is 12.8. The molecule has 1 N–H and O–H groups in total. The van der Waals surface area contributed by atoms with Crippen molar-refractivity contribution >= 4 is 23.9 Å². The Kier molecular flexibility index (Phi) is 8.25. The number of hydrogen-bond donors (Lipinski definition) is 1. The third-order valence-electron chi connectivity index (χ3n) is 4.80. The van der Waals surface area contributed by atoms with E-state index in [1.807, 2.05) is 0 Å². The van der Waals surface area contributed by atoms with Crippen LogP contribution >= 0.6 is 0 Å². The second-order valence-corrected chi connectivity index (χ2v) is 17.1. The minimum absolute atomic E-state index is 0.0461. The van der Waals surface area contributed by atoms with Gasteiger partial charge in [-0.1, -0.05) is 26.6 Å². The van der Waals surface area contributed by atoms with Crippen molar-refractivity contribution in [3.8, 4) is 0 Å². The molecule has 0 radical (unpaired) electrons. The maximum Gasteiger partial charge on any atom is 0.306 e. The van der Waals surface area contributed by atoms with Crippen LogP contribution in [0.1, 0.15) is 39.2 Å². The largest absolute Gasteiger partial charge is 0.481 e. The van der Waals surface area contributed by atoms with Gasteiger partial charge in [-0.05, 0) is 32.7 Å². The average Bonchev–Trinajstić information content (AvgIpc) is 2.99. The summed E-state index contributed by atoms with van der Waals surface area (Å²) in [6, 6.07) is 1.07. The molecule has 1 heterocycles. The van der Waals surface area contributed by atoms with E-state index in [0.29, 0.717) is 31.7 Å². The minimum atomic E-state index is -3.45. The summed E-state index contributed by atoms with van der Waals surface area (Å²) in [4.78, 5) is 10.9. The average molecular weight is 419 g/mol. The number of aromatic nitrogens is 2. The molecular formula is C18H34N2O5SSi. The lowest BCUT2D eigenvalue weighted by Gasteiger charge is -2.23. The molecule has 0 amide bonds. The highest BCUT2D eigenvalue weighted by atomic mass is 32.2. The van der Waals surface area contributed by atoms with Crippen LogP contribution in [-0.4, -0.2) is 49.7 Å². The molecule has 1 atom stereocenters. The van der Waals surface area contributed by atoms with E-state index in [1.165, 1.54) is 0 Å². The Morgan fingerprint density at radius 2 is 2.00 bits per heavy atom. The third-order valence-corrected chi connectivity index (χ3v) is 9.12. The van der Waals surface area contributed by atoms with Crippen molar-refractivity contribution in [3.05, 3.63) is 18.0 Å². The molecule has 1 aromatic rings. The summed E-state index contributed by atoms with van der Waals surface area (Å²) in [5, 5.41) is 13.1. The number of hydrogen-bond acceptors (Lipinski definition) is 5. The van der Waals surface area contributed by atoms with Crippen LogP contribution in [0.3, 0.4) is 0 Å². The number of aliphatic carboxylic acids is 1. The van der Waals surface area contributed by atoms with Crippen molar-refractivity contribution in [2.45, 2.75) is 70.8 Å². The van der Waals surface area contributed by atoms with Crippen LogP contribution in [0, 0.1) is 5.92 Å². The van der Waals surface area contributed by atoms with Crippen molar-refractivity contribution in [2.75, 3.05) is 12.4 Å². The molecule has 0 saturated carbocycles. The molecule has 27 heavy (non-hydrogen) atoms. The van der Waals surface area contributed by atoms with E-state index in [4.69, 9.17) is 9.84 Å². The summed E-state index contributed by atoms with van der Waals surface area (Å²) in [6.07, 6.45) is 3.95. The highest BCUT2D eigenvalue weighted by molar-refractivity contribution is 7.92. The number of ether oxygens (including phenoxy) is 1. The van der Waals surface area contributed by atoms with Crippen LogP contribution in [-0.2, 0) is 30.8 Å². The van der Waals surface area contributed by atoms with Gasteiger partial charge < -0.3 is 9.84 Å². The standard InChI is InChI=1S/C18H34N2O5SSi/c1-15(17(21)22)8-7-10-26(23,24)18(2,3)16-12-19-20(13-16)14-25-9-11-27(4,5)6/h12-13,15H,7-11,14H2,1-6H3,(H,21,22). The zero-order chi connectivity index (χ0) is 20.9. The topological polar surface area (TPSA) is 98.5 Å². The molecule has 1 aromatic heterocycles. The second kappa shape index (κ2) is 9.34. The van der Waals surface area contributed by atoms with Gasteiger partial charge in [0.2, 0.25) is 0 Å². The third kappa shape index (κ3) is 7.38. The van der Waals surface area contributed by atoms with Crippen molar-refractivity contribution < 1.29 is 23.1 Å². The summed E-state index contributed by atoms with van der Waals surface area (Å²) >= 11 is 0. The van der Waals surface area contributed by atoms with Crippen LogP contribution in [0.5, 0.6) is 0 Å². The van der Waals surface area contributed by atoms with Crippen LogP contribution in [0.4, 0.5) is 0 Å². The number of carbonyl (C=O) groups is 1. The van der Waals surface area contributed by atoms with Gasteiger partial charge in [0.15, 0.2) is 9.84 Å². The van der Waals surface area contributed by atoms with Gasteiger partial charge in [-0.3, -0.25) is 4.79 Å². The fourth-order valence-corrected chi connectivity index (χ4v) is 4.70. The summed E-state index contributed by atoms with van der Waals surface area (Å²) in [7, 11) is -4.59. The molecule has 0 aliphatic heterocycles. The fraction of sp³-hybridized carbons (Fsp3) is 0.778. The monoisotopic (exact) mass is 418 g/mol. The van der Waals surface area contributed by atoms with Crippen molar-refractivity contribution in [1.82, 2.24) is 9.78 Å². The summed E-state index contributed by atoms with van der Waals surface area (Å²) in [5.74, 6) is -1.49. The number of carboxylic acids is 1. The molecule has 7 nitrogen and oxygen atoms in total. The molecule has 0 spiro atoms. The summed E-state index contributed by atoms with van der Waals surface area (Å²) in [5.41, 5.74) is 0.613. The molecule has 0 saturated heterocycles. The highest BCUT2D eigenvalue weighted by Gasteiger charge is 2.36. The molecule has 1 unspecified atom stereocenters. The normalized spacial score (nSPS) is 14.3. The van der Waals surface area contributed by atoms with Gasteiger partial charge in [0.05, 0.1) is 22.6 Å². The van der Waals surface area contributed by atoms with Gasteiger partial charge >= 0.3 is 5.97 Å². The number of carboxylic acid groups (broad SMARTS) is 1. The minimum Gasteiger partial charge on any atom is -0.481 e. The van der Waals surface area contributed by atoms with Crippen LogP contribution < -0.4 is 0 Å². The molecule has 1 rings (SSSR count). The van der Waals surface area contributed by atoms with Gasteiger partial charge in [0, 0.05) is 26.4 Å². The number of sulfone groups is 1. The molecule has 0 aromatic carbocycles.